The fourth-order valence-electron chi connectivity index (χ4n) is 1.78. The third-order valence-corrected chi connectivity index (χ3v) is 2.94. The van der Waals surface area contributed by atoms with Gasteiger partial charge in [0, 0.05) is 25.8 Å². The molecule has 0 saturated heterocycles. The second kappa shape index (κ2) is 6.81. The van der Waals surface area contributed by atoms with Gasteiger partial charge in [-0.25, -0.2) is 8.78 Å². The molecule has 2 nitrogen and oxygen atoms in total. The molecule has 0 bridgehead atoms. The predicted octanol–water partition coefficient (Wildman–Crippen LogP) is 2.87. The average molecular weight is 255 g/mol. The van der Waals surface area contributed by atoms with Crippen LogP contribution in [-0.2, 0) is 11.3 Å². The first-order valence-electron chi connectivity index (χ1n) is 6.47. The number of hydrogen-bond acceptors (Lipinski definition) is 2. The molecule has 18 heavy (non-hydrogen) atoms. The Labute approximate surface area is 106 Å². The molecule has 1 aromatic rings. The van der Waals surface area contributed by atoms with Gasteiger partial charge < -0.3 is 10.1 Å². The van der Waals surface area contributed by atoms with Crippen molar-refractivity contribution in [3.05, 3.63) is 35.4 Å². The van der Waals surface area contributed by atoms with Crippen molar-refractivity contribution in [3.63, 3.8) is 0 Å². The van der Waals surface area contributed by atoms with E-state index >= 15 is 0 Å². The Bertz CT molecular complexity index is 360. The number of nitrogens with one attached hydrogen (secondary N) is 1. The lowest BCUT2D eigenvalue weighted by atomic mass is 10.2. The smallest absolute Gasteiger partial charge is 0.126 e. The summed E-state index contributed by atoms with van der Waals surface area (Å²) in [4.78, 5) is 0. The summed E-state index contributed by atoms with van der Waals surface area (Å²) >= 11 is 0. The predicted molar refractivity (Wildman–Crippen MR) is 66.2 cm³/mol. The van der Waals surface area contributed by atoms with Crippen LogP contribution in [0, 0.1) is 17.6 Å². The van der Waals surface area contributed by atoms with Crippen molar-refractivity contribution in [3.8, 4) is 0 Å². The summed E-state index contributed by atoms with van der Waals surface area (Å²) in [6, 6.07) is 3.58. The molecule has 4 heteroatoms. The molecule has 100 valence electrons. The summed E-state index contributed by atoms with van der Waals surface area (Å²) in [5.41, 5.74) is 0.631. The molecule has 0 atom stereocenters. The maximum atomic E-state index is 12.9. The van der Waals surface area contributed by atoms with E-state index in [9.17, 15) is 8.78 Å². The van der Waals surface area contributed by atoms with E-state index in [1.807, 2.05) is 0 Å². The lowest BCUT2D eigenvalue weighted by Gasteiger charge is -2.06. The Balaban J connectivity index is 1.53. The molecule has 1 aliphatic carbocycles. The van der Waals surface area contributed by atoms with E-state index < -0.39 is 11.6 Å². The molecule has 0 heterocycles. The van der Waals surface area contributed by atoms with Gasteiger partial charge in [0.2, 0.25) is 0 Å². The molecule has 0 unspecified atom stereocenters. The summed E-state index contributed by atoms with van der Waals surface area (Å²) in [5, 5.41) is 3.15. The van der Waals surface area contributed by atoms with Crippen molar-refractivity contribution in [1.82, 2.24) is 5.32 Å². The lowest BCUT2D eigenvalue weighted by Crippen LogP contribution is -2.16. The lowest BCUT2D eigenvalue weighted by molar-refractivity contribution is 0.122. The topological polar surface area (TPSA) is 21.3 Å². The van der Waals surface area contributed by atoms with E-state index in [1.165, 1.54) is 25.0 Å². The van der Waals surface area contributed by atoms with Gasteiger partial charge >= 0.3 is 0 Å². The zero-order chi connectivity index (χ0) is 12.8. The van der Waals surface area contributed by atoms with Gasteiger partial charge in [0.25, 0.3) is 0 Å². The van der Waals surface area contributed by atoms with Gasteiger partial charge in [0.05, 0.1) is 0 Å². The minimum atomic E-state index is -0.528. The third kappa shape index (κ3) is 5.10. The zero-order valence-electron chi connectivity index (χ0n) is 10.4. The highest BCUT2D eigenvalue weighted by atomic mass is 19.1. The summed E-state index contributed by atoms with van der Waals surface area (Å²) < 4.78 is 31.3. The van der Waals surface area contributed by atoms with Crippen LogP contribution in [0.1, 0.15) is 24.8 Å². The fraction of sp³-hybridized carbons (Fsp3) is 0.571. The molecular weight excluding hydrogens is 236 g/mol. The van der Waals surface area contributed by atoms with E-state index in [1.54, 1.807) is 0 Å². The molecule has 1 N–H and O–H groups in total. The minimum Gasteiger partial charge on any atom is -0.381 e. The monoisotopic (exact) mass is 255 g/mol. The van der Waals surface area contributed by atoms with Crippen LogP contribution in [0.5, 0.6) is 0 Å². The zero-order valence-corrected chi connectivity index (χ0v) is 10.4. The maximum Gasteiger partial charge on any atom is 0.126 e. The molecular formula is C14H19F2NO. The molecule has 1 aliphatic rings. The van der Waals surface area contributed by atoms with E-state index in [-0.39, 0.29) is 0 Å². The molecule has 0 aliphatic heterocycles. The average Bonchev–Trinajstić information content (AvgIpc) is 3.10. The largest absolute Gasteiger partial charge is 0.381 e. The van der Waals surface area contributed by atoms with Crippen LogP contribution in [0.4, 0.5) is 8.78 Å². The Morgan fingerprint density at radius 2 is 1.89 bits per heavy atom. The Morgan fingerprint density at radius 1 is 1.17 bits per heavy atom. The highest BCUT2D eigenvalue weighted by Gasteiger charge is 2.20. The van der Waals surface area contributed by atoms with Crippen LogP contribution in [-0.4, -0.2) is 19.8 Å². The highest BCUT2D eigenvalue weighted by molar-refractivity contribution is 5.17. The van der Waals surface area contributed by atoms with Crippen molar-refractivity contribution in [2.75, 3.05) is 19.8 Å². The van der Waals surface area contributed by atoms with Gasteiger partial charge in [-0.3, -0.25) is 0 Å². The molecule has 1 aromatic carbocycles. The first-order valence-corrected chi connectivity index (χ1v) is 6.47. The Kier molecular flexibility index (Phi) is 5.08. The normalized spacial score (nSPS) is 15.0. The van der Waals surface area contributed by atoms with Gasteiger partial charge in [-0.1, -0.05) is 0 Å². The van der Waals surface area contributed by atoms with Crippen molar-refractivity contribution in [2.24, 2.45) is 5.92 Å². The first kappa shape index (κ1) is 13.4. The number of benzene rings is 1. The van der Waals surface area contributed by atoms with E-state index in [2.05, 4.69) is 5.32 Å². The summed E-state index contributed by atoms with van der Waals surface area (Å²) in [5.74, 6) is -0.257. The van der Waals surface area contributed by atoms with E-state index in [0.717, 1.165) is 38.2 Å². The number of ether oxygens (including phenoxy) is 1. The second-order valence-electron chi connectivity index (χ2n) is 4.83. The van der Waals surface area contributed by atoms with E-state index in [0.29, 0.717) is 12.1 Å². The summed E-state index contributed by atoms with van der Waals surface area (Å²) in [6.45, 7) is 2.91. The van der Waals surface area contributed by atoms with Gasteiger partial charge in [-0.05, 0) is 49.4 Å². The van der Waals surface area contributed by atoms with Crippen molar-refractivity contribution in [1.29, 1.82) is 0 Å². The van der Waals surface area contributed by atoms with Crippen molar-refractivity contribution in [2.45, 2.75) is 25.8 Å². The third-order valence-electron chi connectivity index (χ3n) is 2.94. The fourth-order valence-corrected chi connectivity index (χ4v) is 1.78. The standard InChI is InChI=1S/C14H19F2NO/c15-13-6-12(7-14(16)8-13)9-17-4-1-5-18-10-11-2-3-11/h6-8,11,17H,1-5,9-10H2. The van der Waals surface area contributed by atoms with Gasteiger partial charge in [0.15, 0.2) is 0 Å². The van der Waals surface area contributed by atoms with Crippen LogP contribution >= 0.6 is 0 Å². The van der Waals surface area contributed by atoms with Crippen LogP contribution in [0.3, 0.4) is 0 Å². The van der Waals surface area contributed by atoms with Crippen molar-refractivity contribution >= 4 is 0 Å². The molecule has 1 saturated carbocycles. The van der Waals surface area contributed by atoms with Crippen molar-refractivity contribution < 1.29 is 13.5 Å². The Hall–Kier alpha value is -1.00. The van der Waals surface area contributed by atoms with E-state index in [4.69, 9.17) is 4.74 Å². The first-order chi connectivity index (χ1) is 8.74. The minimum absolute atomic E-state index is 0.483. The molecule has 0 radical (unpaired) electrons. The highest BCUT2D eigenvalue weighted by Crippen LogP contribution is 2.28. The van der Waals surface area contributed by atoms with Gasteiger partial charge in [-0.2, -0.15) is 0 Å². The number of halogens is 2. The van der Waals surface area contributed by atoms with Crippen LogP contribution < -0.4 is 5.32 Å². The second-order valence-corrected chi connectivity index (χ2v) is 4.83. The number of hydrogen-bond donors (Lipinski definition) is 1. The Morgan fingerprint density at radius 3 is 2.56 bits per heavy atom. The van der Waals surface area contributed by atoms with Gasteiger partial charge in [-0.15, -0.1) is 0 Å². The van der Waals surface area contributed by atoms with Gasteiger partial charge in [0.1, 0.15) is 11.6 Å². The SMILES string of the molecule is Fc1cc(F)cc(CNCCCOCC2CC2)c1. The van der Waals surface area contributed by atoms with Crippen LogP contribution in [0.15, 0.2) is 18.2 Å². The molecule has 0 amide bonds. The molecule has 0 aromatic heterocycles. The maximum absolute atomic E-state index is 12.9. The molecule has 1 fully saturated rings. The number of rotatable bonds is 8. The summed E-state index contributed by atoms with van der Waals surface area (Å²) in [7, 11) is 0. The molecule has 0 spiro atoms. The quantitative estimate of drug-likeness (QED) is 0.721. The molecule has 2 rings (SSSR count). The van der Waals surface area contributed by atoms with Crippen LogP contribution in [0.25, 0.3) is 0 Å². The van der Waals surface area contributed by atoms with Crippen LogP contribution in [0.2, 0.25) is 0 Å². The summed E-state index contributed by atoms with van der Waals surface area (Å²) in [6.07, 6.45) is 3.54.